The second-order valence-electron chi connectivity index (χ2n) is 8.38. The quantitative estimate of drug-likeness (QED) is 0.168. The number of thiophene rings is 1. The van der Waals surface area contributed by atoms with Crippen LogP contribution in [0.4, 0.5) is 14.6 Å². The number of halogens is 3. The van der Waals surface area contributed by atoms with Gasteiger partial charge in [0.2, 0.25) is 0 Å². The predicted molar refractivity (Wildman–Crippen MR) is 137 cm³/mol. The first-order chi connectivity index (χ1) is 15.7. The minimum absolute atomic E-state index is 0.00627. The van der Waals surface area contributed by atoms with Gasteiger partial charge >= 0.3 is 166 Å². The van der Waals surface area contributed by atoms with E-state index in [0.717, 1.165) is 5.56 Å². The summed E-state index contributed by atoms with van der Waals surface area (Å²) in [6.07, 6.45) is 4.01. The monoisotopic (exact) mass is 628 g/mol. The molecule has 3 heterocycles. The zero-order valence-corrected chi connectivity index (χ0v) is 22.3. The van der Waals surface area contributed by atoms with Crippen molar-refractivity contribution in [2.75, 3.05) is 25.0 Å². The molecule has 1 aliphatic carbocycles. The molecular weight excluding hydrogens is 604 g/mol. The predicted octanol–water partition coefficient (Wildman–Crippen LogP) is 4.77. The number of alkyl halides is 2. The number of rotatable bonds is 8. The van der Waals surface area contributed by atoms with Crippen LogP contribution in [0.25, 0.3) is 0 Å². The molecule has 13 heteroatoms. The first kappa shape index (κ1) is 25.6. The fraction of sp³-hybridized carbons (Fsp3) is 0.550. The third-order valence-corrected chi connectivity index (χ3v) is 8.30. The molecule has 0 bridgehead atoms. The topological polar surface area (TPSA) is 87.6 Å². The molecule has 2 aliphatic rings. The second-order valence-corrected chi connectivity index (χ2v) is 16.0. The number of nitrogens with zero attached hydrogens (tertiary/aromatic N) is 3. The van der Waals surface area contributed by atoms with E-state index >= 15 is 0 Å². The van der Waals surface area contributed by atoms with E-state index in [4.69, 9.17) is 4.18 Å². The van der Waals surface area contributed by atoms with Gasteiger partial charge in [-0.15, -0.1) is 0 Å². The van der Waals surface area contributed by atoms with Gasteiger partial charge < -0.3 is 0 Å². The summed E-state index contributed by atoms with van der Waals surface area (Å²) < 4.78 is 32.8. The van der Waals surface area contributed by atoms with Crippen molar-refractivity contribution in [3.63, 3.8) is 0 Å². The first-order valence-electron chi connectivity index (χ1n) is 10.5. The Kier molecular flexibility index (Phi) is 8.57. The molecule has 2 fully saturated rings. The molecule has 0 aromatic carbocycles. The van der Waals surface area contributed by atoms with Gasteiger partial charge in [-0.1, -0.05) is 0 Å². The van der Waals surface area contributed by atoms with Crippen molar-refractivity contribution in [1.82, 2.24) is 14.9 Å². The van der Waals surface area contributed by atoms with Gasteiger partial charge in [-0.2, -0.15) is 0 Å². The molecule has 0 amide bonds. The molecule has 1 unspecified atom stereocenters. The fourth-order valence-corrected chi connectivity index (χ4v) is 6.93. The maximum absolute atomic E-state index is 13.5. The molecular formula is C20H24F2IN4O3PS2. The van der Waals surface area contributed by atoms with Crippen molar-refractivity contribution in [3.8, 4) is 0 Å². The maximum atomic E-state index is 13.5. The van der Waals surface area contributed by atoms with Crippen LogP contribution >= 0.6 is 47.7 Å². The molecule has 33 heavy (non-hydrogen) atoms. The number of carbonyl (C=O) groups is 1. The summed E-state index contributed by atoms with van der Waals surface area (Å²) >= 11 is 3.42. The van der Waals surface area contributed by atoms with Crippen LogP contribution < -0.4 is 5.32 Å². The summed E-state index contributed by atoms with van der Waals surface area (Å²) in [5.74, 6) is -2.42. The number of hydrogen-bond donors (Lipinski definition) is 3. The fourth-order valence-electron chi connectivity index (χ4n) is 4.35. The van der Waals surface area contributed by atoms with Gasteiger partial charge in [0.25, 0.3) is 5.92 Å². The Bertz CT molecular complexity index is 1080. The molecule has 1 saturated heterocycles. The Hall–Kier alpha value is -0.500. The molecule has 7 nitrogen and oxygen atoms in total. The molecule has 2 aromatic rings. The molecule has 1 aliphatic heterocycles. The Morgan fingerprint density at radius 1 is 1.48 bits per heavy atom. The van der Waals surface area contributed by atoms with Crippen LogP contribution in [0, 0.1) is 5.92 Å². The minimum atomic E-state index is -2.64. The van der Waals surface area contributed by atoms with Crippen LogP contribution in [-0.2, 0) is 10.7 Å². The number of hydrogen-bond acceptors (Lipinski definition) is 8. The summed E-state index contributed by atoms with van der Waals surface area (Å²) in [5.41, 5.74) is 1.20. The van der Waals surface area contributed by atoms with E-state index in [0.29, 0.717) is 42.2 Å². The van der Waals surface area contributed by atoms with E-state index in [1.807, 2.05) is 5.38 Å². The normalized spacial score (nSPS) is 25.8. The third-order valence-electron chi connectivity index (χ3n) is 5.92. The van der Waals surface area contributed by atoms with Gasteiger partial charge in [0.15, 0.2) is 0 Å². The Morgan fingerprint density at radius 2 is 2.30 bits per heavy atom. The van der Waals surface area contributed by atoms with Crippen molar-refractivity contribution in [2.24, 2.45) is 5.92 Å². The zero-order chi connectivity index (χ0) is 23.6. The molecule has 2 N–H and O–H groups in total. The number of aliphatic hydroxyl groups is 1. The van der Waals surface area contributed by atoms with Gasteiger partial charge in [0.05, 0.1) is 6.54 Å². The summed E-state index contributed by atoms with van der Waals surface area (Å²) in [6, 6.07) is 1.75. The van der Waals surface area contributed by atoms with Crippen LogP contribution in [-0.4, -0.2) is 63.5 Å². The molecule has 4 rings (SSSR count). The standard InChI is InChI=1S/C20H24F2IN4O3PS2/c21-20(22)1-2-27(10-20)7-12-3-17(32-9-12)18(29)15-6-24-11-25-19(15)26-14-4-13(8-28)16(5-14)30-33(23)31/h3,6,9,11,13-14,16,28,33H,1-2,4-5,7-8,10H2,(H,24,25,26)/t13-,14-,16+/m1/s1. The van der Waals surface area contributed by atoms with E-state index < -0.39 is 13.2 Å². The SMILES string of the molecule is O=C(c1cc(CN2CCC(F)(F)C2)cs1)c1cncnc1N[C@@H]1C[C@H](CO)[C@@H](O[SH](#P)I)C1. The van der Waals surface area contributed by atoms with E-state index in [-0.39, 0.29) is 43.4 Å². The average molecular weight is 628 g/mol. The number of aromatic nitrogens is 2. The van der Waals surface area contributed by atoms with Crippen molar-refractivity contribution in [1.29, 1.82) is 0 Å². The third kappa shape index (κ3) is 6.59. The number of ketones is 1. The van der Waals surface area contributed by atoms with Crippen LogP contribution in [0.2, 0.25) is 0 Å². The number of aliphatic hydroxyl groups excluding tert-OH is 1. The van der Waals surface area contributed by atoms with Crippen LogP contribution in [0.5, 0.6) is 0 Å². The number of carbonyl (C=O) groups excluding carboxylic acids is 1. The van der Waals surface area contributed by atoms with Crippen molar-refractivity contribution in [2.45, 2.75) is 43.9 Å². The Labute approximate surface area is 210 Å². The van der Waals surface area contributed by atoms with Crippen molar-refractivity contribution in [3.05, 3.63) is 40.0 Å². The van der Waals surface area contributed by atoms with Crippen LogP contribution in [0.15, 0.2) is 24.0 Å². The Morgan fingerprint density at radius 3 is 3.00 bits per heavy atom. The molecule has 2 aromatic heterocycles. The van der Waals surface area contributed by atoms with Crippen LogP contribution in [0.1, 0.15) is 40.1 Å². The summed E-state index contributed by atoms with van der Waals surface area (Å²) in [6.45, 7) is 0.514. The summed E-state index contributed by atoms with van der Waals surface area (Å²) in [7, 11) is 3.46. The molecule has 1 saturated carbocycles. The number of likely N-dealkylation sites (tertiary alicyclic amines) is 1. The zero-order valence-electron chi connectivity index (χ0n) is 17.5. The van der Waals surface area contributed by atoms with Crippen molar-refractivity contribution < 1.29 is 22.9 Å². The number of nitrogens with one attached hydrogen (secondary N) is 1. The van der Waals surface area contributed by atoms with E-state index in [1.54, 1.807) is 11.0 Å². The molecule has 0 radical (unpaired) electrons. The molecule has 0 spiro atoms. The van der Waals surface area contributed by atoms with Gasteiger partial charge in [0, 0.05) is 19.5 Å². The van der Waals surface area contributed by atoms with E-state index in [2.05, 4.69) is 44.3 Å². The number of thiol groups is 1. The first-order valence-corrected chi connectivity index (χ1v) is 16.5. The van der Waals surface area contributed by atoms with Gasteiger partial charge in [0.1, 0.15) is 0 Å². The molecule has 180 valence electrons. The van der Waals surface area contributed by atoms with Crippen LogP contribution in [0.3, 0.4) is 0 Å². The Balaban J connectivity index is 1.44. The second kappa shape index (κ2) is 11.0. The van der Waals surface area contributed by atoms with Gasteiger partial charge in [-0.3, -0.25) is 4.90 Å². The van der Waals surface area contributed by atoms with Gasteiger partial charge in [-0.05, 0) is 0 Å². The summed E-state index contributed by atoms with van der Waals surface area (Å²) in [4.78, 5) is 23.7. The van der Waals surface area contributed by atoms with Crippen molar-refractivity contribution >= 4 is 59.3 Å². The van der Waals surface area contributed by atoms with E-state index in [1.165, 1.54) is 23.9 Å². The van der Waals surface area contributed by atoms with E-state index in [9.17, 15) is 18.7 Å². The summed E-state index contributed by atoms with van der Waals surface area (Å²) in [5, 5.41) is 14.9. The van der Waals surface area contributed by atoms with Gasteiger partial charge in [-0.25, -0.2) is 8.78 Å². The number of anilines is 1. The average Bonchev–Trinajstić information content (AvgIpc) is 3.46. The molecule has 4 atom stereocenters.